The number of rotatable bonds is 6. The van der Waals surface area contributed by atoms with E-state index in [9.17, 15) is 14.9 Å². The average Bonchev–Trinajstić information content (AvgIpc) is 2.30. The number of nitro benzene ring substituents is 1. The van der Waals surface area contributed by atoms with Gasteiger partial charge in [0.25, 0.3) is 5.69 Å². The van der Waals surface area contributed by atoms with Gasteiger partial charge in [-0.2, -0.15) is 0 Å². The summed E-state index contributed by atoms with van der Waals surface area (Å²) in [6.07, 6.45) is 0.448. The van der Waals surface area contributed by atoms with Gasteiger partial charge in [0.2, 0.25) is 0 Å². The molecule has 0 fully saturated rings. The van der Waals surface area contributed by atoms with E-state index in [0.717, 1.165) is 0 Å². The number of hydrogen-bond acceptors (Lipinski definition) is 4. The fraction of sp³-hybridized carbons (Fsp3) is 0.417. The highest BCUT2D eigenvalue weighted by Crippen LogP contribution is 2.29. The summed E-state index contributed by atoms with van der Waals surface area (Å²) in [5.41, 5.74) is 0.254. The summed E-state index contributed by atoms with van der Waals surface area (Å²) in [4.78, 5) is 21.8. The molecule has 1 atom stereocenters. The standard InChI is InChI=1S/C12H14ClNO4/c1-8(16)9(5-6-15)7-10-11(13)3-2-4-12(10)14(17)18/h2-4,9,15H,5-7H2,1H3. The predicted octanol–water partition coefficient (Wildman–Crippen LogP) is 2.38. The summed E-state index contributed by atoms with van der Waals surface area (Å²) < 4.78 is 0. The van der Waals surface area contributed by atoms with E-state index in [0.29, 0.717) is 5.56 Å². The number of halogens is 1. The monoisotopic (exact) mass is 271 g/mol. The molecule has 0 bridgehead atoms. The summed E-state index contributed by atoms with van der Waals surface area (Å²) in [5.74, 6) is -0.563. The fourth-order valence-corrected chi connectivity index (χ4v) is 2.02. The van der Waals surface area contributed by atoms with Crippen LogP contribution in [0.2, 0.25) is 5.02 Å². The second-order valence-corrected chi connectivity index (χ2v) is 4.43. The summed E-state index contributed by atoms with van der Waals surface area (Å²) >= 11 is 5.94. The maximum Gasteiger partial charge on any atom is 0.274 e. The van der Waals surface area contributed by atoms with E-state index in [1.165, 1.54) is 19.1 Å². The molecular formula is C12H14ClNO4. The molecule has 0 heterocycles. The van der Waals surface area contributed by atoms with Crippen molar-refractivity contribution in [3.63, 3.8) is 0 Å². The molecule has 18 heavy (non-hydrogen) atoms. The van der Waals surface area contributed by atoms with Gasteiger partial charge >= 0.3 is 0 Å². The lowest BCUT2D eigenvalue weighted by Gasteiger charge is -2.13. The van der Waals surface area contributed by atoms with Crippen LogP contribution in [0.25, 0.3) is 0 Å². The zero-order valence-electron chi connectivity index (χ0n) is 9.93. The summed E-state index contributed by atoms with van der Waals surface area (Å²) in [7, 11) is 0. The van der Waals surface area contributed by atoms with Gasteiger partial charge in [-0.15, -0.1) is 0 Å². The van der Waals surface area contributed by atoms with Gasteiger partial charge in [0, 0.05) is 24.2 Å². The van der Waals surface area contributed by atoms with E-state index in [1.54, 1.807) is 6.07 Å². The van der Waals surface area contributed by atoms with Gasteiger partial charge in [0.05, 0.1) is 9.95 Å². The van der Waals surface area contributed by atoms with Crippen LogP contribution in [0.15, 0.2) is 18.2 Å². The molecule has 1 aromatic rings. The quantitative estimate of drug-likeness (QED) is 0.636. The molecule has 5 nitrogen and oxygen atoms in total. The van der Waals surface area contributed by atoms with Crippen LogP contribution >= 0.6 is 11.6 Å². The van der Waals surface area contributed by atoms with E-state index in [4.69, 9.17) is 16.7 Å². The molecule has 1 aromatic carbocycles. The van der Waals surface area contributed by atoms with Gasteiger partial charge in [-0.3, -0.25) is 14.9 Å². The maximum absolute atomic E-state index is 11.4. The van der Waals surface area contributed by atoms with Crippen LogP contribution in [0.4, 0.5) is 5.69 Å². The first kappa shape index (κ1) is 14.6. The third-order valence-corrected chi connectivity index (χ3v) is 3.15. The molecule has 0 aliphatic heterocycles. The third kappa shape index (κ3) is 3.51. The highest BCUT2D eigenvalue weighted by atomic mass is 35.5. The number of hydrogen-bond donors (Lipinski definition) is 1. The summed E-state index contributed by atoms with van der Waals surface area (Å²) in [6.45, 7) is 1.27. The smallest absolute Gasteiger partial charge is 0.274 e. The Morgan fingerprint density at radius 3 is 2.72 bits per heavy atom. The van der Waals surface area contributed by atoms with Crippen LogP contribution in [0.5, 0.6) is 0 Å². The number of carbonyl (C=O) groups excluding carboxylic acids is 1. The Kier molecular flexibility index (Phi) is 5.25. The minimum Gasteiger partial charge on any atom is -0.396 e. The van der Waals surface area contributed by atoms with Crippen LogP contribution < -0.4 is 0 Å². The minimum absolute atomic E-state index is 0.0910. The molecular weight excluding hydrogens is 258 g/mol. The molecule has 0 saturated heterocycles. The maximum atomic E-state index is 11.4. The van der Waals surface area contributed by atoms with E-state index >= 15 is 0 Å². The number of benzene rings is 1. The number of nitro groups is 1. The van der Waals surface area contributed by atoms with Crippen molar-refractivity contribution < 1.29 is 14.8 Å². The lowest BCUT2D eigenvalue weighted by atomic mass is 9.92. The van der Waals surface area contributed by atoms with Gasteiger partial charge in [-0.05, 0) is 25.8 Å². The topological polar surface area (TPSA) is 80.4 Å². The van der Waals surface area contributed by atoms with Gasteiger partial charge in [-0.25, -0.2) is 0 Å². The van der Waals surface area contributed by atoms with Crippen molar-refractivity contribution in [3.8, 4) is 0 Å². The Morgan fingerprint density at radius 2 is 2.22 bits per heavy atom. The lowest BCUT2D eigenvalue weighted by Crippen LogP contribution is -2.16. The molecule has 0 aliphatic carbocycles. The lowest BCUT2D eigenvalue weighted by molar-refractivity contribution is -0.385. The summed E-state index contributed by atoms with van der Waals surface area (Å²) in [6, 6.07) is 4.41. The third-order valence-electron chi connectivity index (χ3n) is 2.79. The average molecular weight is 272 g/mol. The molecule has 0 radical (unpaired) electrons. The van der Waals surface area contributed by atoms with Crippen LogP contribution in [0, 0.1) is 16.0 Å². The zero-order chi connectivity index (χ0) is 13.7. The van der Waals surface area contributed by atoms with Crippen molar-refractivity contribution in [2.45, 2.75) is 19.8 Å². The Balaban J connectivity index is 3.08. The molecule has 1 unspecified atom stereocenters. The van der Waals surface area contributed by atoms with Gasteiger partial charge in [0.15, 0.2) is 0 Å². The number of aliphatic hydroxyl groups is 1. The summed E-state index contributed by atoms with van der Waals surface area (Å²) in [5, 5.41) is 20.1. The Labute approximate surface area is 110 Å². The van der Waals surface area contributed by atoms with Crippen molar-refractivity contribution in [2.75, 3.05) is 6.61 Å². The SMILES string of the molecule is CC(=O)C(CCO)Cc1c(Cl)cccc1[N+](=O)[O-]. The number of ketones is 1. The fourth-order valence-electron chi connectivity index (χ4n) is 1.77. The van der Waals surface area contributed by atoms with Crippen molar-refractivity contribution in [1.29, 1.82) is 0 Å². The number of nitrogens with zero attached hydrogens (tertiary/aromatic N) is 1. The Bertz CT molecular complexity index is 461. The number of carbonyl (C=O) groups is 1. The Hall–Kier alpha value is -1.46. The van der Waals surface area contributed by atoms with E-state index < -0.39 is 10.8 Å². The van der Waals surface area contributed by atoms with Gasteiger partial charge in [0.1, 0.15) is 5.78 Å². The van der Waals surface area contributed by atoms with Crippen molar-refractivity contribution >= 4 is 23.1 Å². The van der Waals surface area contributed by atoms with Crippen molar-refractivity contribution in [3.05, 3.63) is 38.9 Å². The van der Waals surface area contributed by atoms with Crippen LogP contribution in [0.3, 0.4) is 0 Å². The van der Waals surface area contributed by atoms with Gasteiger partial charge < -0.3 is 5.11 Å². The molecule has 0 aromatic heterocycles. The molecule has 1 rings (SSSR count). The molecule has 0 saturated carbocycles. The second kappa shape index (κ2) is 6.47. The predicted molar refractivity (Wildman–Crippen MR) is 67.7 cm³/mol. The van der Waals surface area contributed by atoms with E-state index in [-0.39, 0.29) is 35.9 Å². The highest BCUT2D eigenvalue weighted by molar-refractivity contribution is 6.31. The Morgan fingerprint density at radius 1 is 1.56 bits per heavy atom. The van der Waals surface area contributed by atoms with Crippen LogP contribution in [-0.4, -0.2) is 22.4 Å². The molecule has 0 amide bonds. The first-order valence-corrected chi connectivity index (χ1v) is 5.88. The number of Topliss-reactive ketones (excluding diaryl/α,β-unsaturated/α-hetero) is 1. The molecule has 0 aliphatic rings. The molecule has 98 valence electrons. The van der Waals surface area contributed by atoms with Crippen LogP contribution in [-0.2, 0) is 11.2 Å². The van der Waals surface area contributed by atoms with Gasteiger partial charge in [-0.1, -0.05) is 17.7 Å². The first-order chi connectivity index (χ1) is 8.47. The largest absolute Gasteiger partial charge is 0.396 e. The zero-order valence-corrected chi connectivity index (χ0v) is 10.7. The molecule has 1 N–H and O–H groups in total. The minimum atomic E-state index is -0.517. The molecule has 6 heteroatoms. The van der Waals surface area contributed by atoms with E-state index in [2.05, 4.69) is 0 Å². The first-order valence-electron chi connectivity index (χ1n) is 5.50. The highest BCUT2D eigenvalue weighted by Gasteiger charge is 2.22. The normalized spacial score (nSPS) is 12.2. The van der Waals surface area contributed by atoms with Crippen molar-refractivity contribution in [1.82, 2.24) is 0 Å². The second-order valence-electron chi connectivity index (χ2n) is 4.02. The van der Waals surface area contributed by atoms with Crippen LogP contribution in [0.1, 0.15) is 18.9 Å². The number of aliphatic hydroxyl groups excluding tert-OH is 1. The molecule has 0 spiro atoms. The van der Waals surface area contributed by atoms with E-state index in [1.807, 2.05) is 0 Å². The van der Waals surface area contributed by atoms with Crippen molar-refractivity contribution in [2.24, 2.45) is 5.92 Å².